The standard InChI is InChI=1S/C19H23ClN2O5/c1-3-27-19(25)12-5-4-8-21(11-12)15-10-17(23)22(18(15)24)14-9-13(20)6-7-16(14)26-2/h6-7,9,12,15H,3-5,8,10-11H2,1-2H3/t12-,15+/m1/s1. The highest BCUT2D eigenvalue weighted by Crippen LogP contribution is 2.36. The molecule has 0 radical (unpaired) electrons. The number of likely N-dealkylation sites (tertiary alicyclic amines) is 1. The summed E-state index contributed by atoms with van der Waals surface area (Å²) in [4.78, 5) is 40.8. The number of rotatable bonds is 5. The fraction of sp³-hybridized carbons (Fsp3) is 0.526. The number of imide groups is 1. The summed E-state index contributed by atoms with van der Waals surface area (Å²) in [5, 5.41) is 0.412. The fourth-order valence-corrected chi connectivity index (χ4v) is 3.90. The first-order valence-corrected chi connectivity index (χ1v) is 9.45. The summed E-state index contributed by atoms with van der Waals surface area (Å²) in [6.07, 6.45) is 1.59. The van der Waals surface area contributed by atoms with Gasteiger partial charge in [0, 0.05) is 11.6 Å². The molecule has 2 aliphatic rings. The summed E-state index contributed by atoms with van der Waals surface area (Å²) in [5.74, 6) is -0.720. The molecule has 2 atom stereocenters. The minimum absolute atomic E-state index is 0.0735. The summed E-state index contributed by atoms with van der Waals surface area (Å²) >= 11 is 6.05. The molecule has 3 rings (SSSR count). The first kappa shape index (κ1) is 19.6. The van der Waals surface area contributed by atoms with Gasteiger partial charge in [0.25, 0.3) is 5.91 Å². The molecular formula is C19H23ClN2O5. The quantitative estimate of drug-likeness (QED) is 0.563. The Labute approximate surface area is 163 Å². The van der Waals surface area contributed by atoms with Crippen molar-refractivity contribution in [1.82, 2.24) is 4.90 Å². The summed E-state index contributed by atoms with van der Waals surface area (Å²) in [7, 11) is 1.48. The van der Waals surface area contributed by atoms with Gasteiger partial charge >= 0.3 is 5.97 Å². The van der Waals surface area contributed by atoms with Crippen LogP contribution in [0.2, 0.25) is 5.02 Å². The number of anilines is 1. The molecule has 146 valence electrons. The third-order valence-electron chi connectivity index (χ3n) is 5.02. The lowest BCUT2D eigenvalue weighted by molar-refractivity contribution is -0.150. The number of carbonyl (C=O) groups excluding carboxylic acids is 3. The Balaban J connectivity index is 1.80. The van der Waals surface area contributed by atoms with Gasteiger partial charge in [-0.1, -0.05) is 11.6 Å². The first-order chi connectivity index (χ1) is 13.0. The highest BCUT2D eigenvalue weighted by molar-refractivity contribution is 6.31. The van der Waals surface area contributed by atoms with Crippen LogP contribution >= 0.6 is 11.6 Å². The second-order valence-corrected chi connectivity index (χ2v) is 7.13. The Bertz CT molecular complexity index is 754. The molecule has 2 aliphatic heterocycles. The minimum atomic E-state index is -0.585. The van der Waals surface area contributed by atoms with Gasteiger partial charge in [-0.05, 0) is 44.5 Å². The lowest BCUT2D eigenvalue weighted by Gasteiger charge is -2.34. The summed E-state index contributed by atoms with van der Waals surface area (Å²) in [5.41, 5.74) is 0.349. The zero-order valence-electron chi connectivity index (χ0n) is 15.4. The van der Waals surface area contributed by atoms with Gasteiger partial charge < -0.3 is 9.47 Å². The number of hydrogen-bond donors (Lipinski definition) is 0. The van der Waals surface area contributed by atoms with Crippen LogP contribution < -0.4 is 9.64 Å². The van der Waals surface area contributed by atoms with Crippen molar-refractivity contribution in [3.8, 4) is 5.75 Å². The molecular weight excluding hydrogens is 372 g/mol. The summed E-state index contributed by atoms with van der Waals surface area (Å²) in [6.45, 7) is 3.19. The monoisotopic (exact) mass is 394 g/mol. The van der Waals surface area contributed by atoms with E-state index in [9.17, 15) is 14.4 Å². The van der Waals surface area contributed by atoms with Gasteiger partial charge in [0.05, 0.1) is 37.8 Å². The van der Waals surface area contributed by atoms with E-state index in [2.05, 4.69) is 0 Å². The number of hydrogen-bond acceptors (Lipinski definition) is 6. The number of carbonyl (C=O) groups is 3. The Morgan fingerprint density at radius 1 is 1.33 bits per heavy atom. The molecule has 7 nitrogen and oxygen atoms in total. The molecule has 0 unspecified atom stereocenters. The van der Waals surface area contributed by atoms with Crippen molar-refractivity contribution in [3.05, 3.63) is 23.2 Å². The Hall–Kier alpha value is -2.12. The molecule has 0 aromatic heterocycles. The van der Waals surface area contributed by atoms with Crippen molar-refractivity contribution in [2.24, 2.45) is 5.92 Å². The van der Waals surface area contributed by atoms with E-state index in [1.165, 1.54) is 7.11 Å². The van der Waals surface area contributed by atoms with Gasteiger partial charge in [-0.3, -0.25) is 19.3 Å². The lowest BCUT2D eigenvalue weighted by Crippen LogP contribution is -2.48. The van der Waals surface area contributed by atoms with Gasteiger partial charge in [-0.25, -0.2) is 4.90 Å². The number of esters is 1. The summed E-state index contributed by atoms with van der Waals surface area (Å²) < 4.78 is 10.4. The van der Waals surface area contributed by atoms with Crippen molar-refractivity contribution >= 4 is 35.1 Å². The normalized spacial score (nSPS) is 23.6. The van der Waals surface area contributed by atoms with Crippen molar-refractivity contribution < 1.29 is 23.9 Å². The molecule has 2 heterocycles. The van der Waals surface area contributed by atoms with Crippen LogP contribution in [0.5, 0.6) is 5.75 Å². The van der Waals surface area contributed by atoms with E-state index in [0.717, 1.165) is 17.7 Å². The molecule has 1 aromatic rings. The van der Waals surface area contributed by atoms with Gasteiger partial charge in [0.1, 0.15) is 5.75 Å². The largest absolute Gasteiger partial charge is 0.495 e. The molecule has 0 N–H and O–H groups in total. The number of piperidine rings is 1. The predicted octanol–water partition coefficient (Wildman–Crippen LogP) is 2.26. The molecule has 0 aliphatic carbocycles. The van der Waals surface area contributed by atoms with Gasteiger partial charge in [0.15, 0.2) is 0 Å². The average molecular weight is 395 g/mol. The van der Waals surface area contributed by atoms with Crippen molar-refractivity contribution in [2.45, 2.75) is 32.2 Å². The second-order valence-electron chi connectivity index (χ2n) is 6.69. The third-order valence-corrected chi connectivity index (χ3v) is 5.25. The van der Waals surface area contributed by atoms with E-state index in [4.69, 9.17) is 21.1 Å². The molecule has 1 aromatic carbocycles. The van der Waals surface area contributed by atoms with E-state index < -0.39 is 6.04 Å². The second kappa shape index (κ2) is 8.27. The van der Waals surface area contributed by atoms with Crippen LogP contribution in [-0.4, -0.2) is 55.5 Å². The third kappa shape index (κ3) is 3.94. The Morgan fingerprint density at radius 2 is 2.11 bits per heavy atom. The first-order valence-electron chi connectivity index (χ1n) is 9.07. The molecule has 0 saturated carbocycles. The number of benzene rings is 1. The molecule has 2 saturated heterocycles. The van der Waals surface area contributed by atoms with Crippen LogP contribution in [0.15, 0.2) is 18.2 Å². The number of ether oxygens (including phenoxy) is 2. The van der Waals surface area contributed by atoms with Crippen LogP contribution in [-0.2, 0) is 19.1 Å². The zero-order chi connectivity index (χ0) is 19.6. The Morgan fingerprint density at radius 3 is 2.81 bits per heavy atom. The smallest absolute Gasteiger partial charge is 0.310 e. The number of methoxy groups -OCH3 is 1. The highest BCUT2D eigenvalue weighted by atomic mass is 35.5. The maximum absolute atomic E-state index is 13.0. The minimum Gasteiger partial charge on any atom is -0.495 e. The molecule has 0 spiro atoms. The van der Waals surface area contributed by atoms with Gasteiger partial charge in [-0.2, -0.15) is 0 Å². The summed E-state index contributed by atoms with van der Waals surface area (Å²) in [6, 6.07) is 4.24. The van der Waals surface area contributed by atoms with Crippen LogP contribution in [0, 0.1) is 5.92 Å². The van der Waals surface area contributed by atoms with Crippen LogP contribution in [0.1, 0.15) is 26.2 Å². The van der Waals surface area contributed by atoms with Gasteiger partial charge in [-0.15, -0.1) is 0 Å². The van der Waals surface area contributed by atoms with Crippen LogP contribution in [0.4, 0.5) is 5.69 Å². The van der Waals surface area contributed by atoms with Crippen LogP contribution in [0.3, 0.4) is 0 Å². The van der Waals surface area contributed by atoms with Crippen molar-refractivity contribution in [2.75, 3.05) is 31.7 Å². The lowest BCUT2D eigenvalue weighted by atomic mass is 9.96. The predicted molar refractivity (Wildman–Crippen MR) is 99.8 cm³/mol. The number of amides is 2. The van der Waals surface area contributed by atoms with E-state index in [0.29, 0.717) is 36.2 Å². The highest BCUT2D eigenvalue weighted by Gasteiger charge is 2.45. The number of halogens is 1. The van der Waals surface area contributed by atoms with E-state index in [-0.39, 0.29) is 30.1 Å². The van der Waals surface area contributed by atoms with Crippen molar-refractivity contribution in [3.63, 3.8) is 0 Å². The van der Waals surface area contributed by atoms with E-state index in [1.54, 1.807) is 25.1 Å². The molecule has 0 bridgehead atoms. The van der Waals surface area contributed by atoms with Gasteiger partial charge in [0.2, 0.25) is 5.91 Å². The molecule has 2 fully saturated rings. The zero-order valence-corrected chi connectivity index (χ0v) is 16.2. The average Bonchev–Trinajstić information content (AvgIpc) is 2.96. The maximum Gasteiger partial charge on any atom is 0.310 e. The van der Waals surface area contributed by atoms with E-state index >= 15 is 0 Å². The van der Waals surface area contributed by atoms with Crippen LogP contribution in [0.25, 0.3) is 0 Å². The fourth-order valence-electron chi connectivity index (χ4n) is 3.73. The molecule has 8 heteroatoms. The topological polar surface area (TPSA) is 76.2 Å². The SMILES string of the molecule is CCOC(=O)[C@@H]1CCCN([C@H]2CC(=O)N(c3cc(Cl)ccc3OC)C2=O)C1. The molecule has 27 heavy (non-hydrogen) atoms. The maximum atomic E-state index is 13.0. The van der Waals surface area contributed by atoms with E-state index in [1.807, 2.05) is 4.90 Å². The van der Waals surface area contributed by atoms with Crippen molar-refractivity contribution in [1.29, 1.82) is 0 Å². The molecule has 2 amide bonds. The Kier molecular flexibility index (Phi) is 6.01. The number of nitrogens with zero attached hydrogens (tertiary/aromatic N) is 2.